The lowest BCUT2D eigenvalue weighted by Crippen LogP contribution is -2.46. The van der Waals surface area contributed by atoms with Gasteiger partial charge in [0.25, 0.3) is 5.91 Å². The molecule has 3 heterocycles. The van der Waals surface area contributed by atoms with Crippen LogP contribution in [0.5, 0.6) is 0 Å². The van der Waals surface area contributed by atoms with Crippen LogP contribution in [0.4, 0.5) is 0 Å². The van der Waals surface area contributed by atoms with Gasteiger partial charge in [-0.25, -0.2) is 0 Å². The fourth-order valence-electron chi connectivity index (χ4n) is 3.54. The lowest BCUT2D eigenvalue weighted by Gasteiger charge is -2.32. The fourth-order valence-corrected chi connectivity index (χ4v) is 3.54. The van der Waals surface area contributed by atoms with Crippen LogP contribution in [-0.2, 0) is 4.79 Å². The Kier molecular flexibility index (Phi) is 5.18. The molecule has 1 aromatic heterocycles. The van der Waals surface area contributed by atoms with Gasteiger partial charge in [0.1, 0.15) is 0 Å². The zero-order chi connectivity index (χ0) is 17.1. The number of likely N-dealkylation sites (tertiary alicyclic amines) is 1. The Bertz CT molecular complexity index is 606. The molecule has 0 radical (unpaired) electrons. The first-order chi connectivity index (χ1) is 11.6. The van der Waals surface area contributed by atoms with Crippen LogP contribution in [-0.4, -0.2) is 59.1 Å². The minimum Gasteiger partial charge on any atom is -0.354 e. The molecule has 2 unspecified atom stereocenters. The third kappa shape index (κ3) is 3.61. The number of aromatic nitrogens is 2. The average Bonchev–Trinajstić information content (AvgIpc) is 3.24. The predicted molar refractivity (Wildman–Crippen MR) is 90.7 cm³/mol. The molecular weight excluding hydrogens is 306 g/mol. The zero-order valence-corrected chi connectivity index (χ0v) is 14.5. The van der Waals surface area contributed by atoms with E-state index in [9.17, 15) is 9.59 Å². The Balaban J connectivity index is 1.53. The first-order valence-corrected chi connectivity index (χ1v) is 8.88. The van der Waals surface area contributed by atoms with Crippen molar-refractivity contribution in [2.75, 3.05) is 26.2 Å². The number of H-pyrrole nitrogens is 1. The minimum absolute atomic E-state index is 0.00895. The van der Waals surface area contributed by atoms with E-state index in [4.69, 9.17) is 0 Å². The number of carbonyl (C=O) groups excluding carboxylic acids is 2. The molecule has 2 amide bonds. The van der Waals surface area contributed by atoms with Crippen molar-refractivity contribution < 1.29 is 9.59 Å². The molecule has 0 bridgehead atoms. The first kappa shape index (κ1) is 17.0. The van der Waals surface area contributed by atoms with E-state index in [1.54, 1.807) is 0 Å². The summed E-state index contributed by atoms with van der Waals surface area (Å²) in [6, 6.07) is -0.0407. The van der Waals surface area contributed by atoms with Crippen LogP contribution in [0.15, 0.2) is 0 Å². The number of rotatable bonds is 4. The van der Waals surface area contributed by atoms with Gasteiger partial charge in [0, 0.05) is 30.9 Å². The van der Waals surface area contributed by atoms with Gasteiger partial charge in [-0.1, -0.05) is 0 Å². The van der Waals surface area contributed by atoms with E-state index >= 15 is 0 Å². The number of nitrogens with one attached hydrogen (secondary N) is 3. The number of aryl methyl sites for hydroxylation is 1. The summed E-state index contributed by atoms with van der Waals surface area (Å²) < 4.78 is 0. The van der Waals surface area contributed by atoms with Gasteiger partial charge >= 0.3 is 0 Å². The maximum absolute atomic E-state index is 12.7. The summed E-state index contributed by atoms with van der Waals surface area (Å²) in [5, 5.41) is 13.3. The van der Waals surface area contributed by atoms with Gasteiger partial charge in [-0.15, -0.1) is 0 Å². The molecule has 2 saturated heterocycles. The summed E-state index contributed by atoms with van der Waals surface area (Å²) in [6.45, 7) is 6.85. The third-order valence-corrected chi connectivity index (χ3v) is 5.20. The van der Waals surface area contributed by atoms with Gasteiger partial charge in [-0.05, 0) is 52.0 Å². The molecule has 2 aliphatic rings. The Morgan fingerprint density at radius 1 is 1.29 bits per heavy atom. The van der Waals surface area contributed by atoms with E-state index in [2.05, 4.69) is 20.8 Å². The van der Waals surface area contributed by atoms with Crippen molar-refractivity contribution in [3.8, 4) is 0 Å². The molecule has 24 heavy (non-hydrogen) atoms. The van der Waals surface area contributed by atoms with Crippen LogP contribution < -0.4 is 10.6 Å². The number of aromatic amines is 1. The highest BCUT2D eigenvalue weighted by molar-refractivity contribution is 5.94. The van der Waals surface area contributed by atoms with E-state index in [-0.39, 0.29) is 17.9 Å². The Morgan fingerprint density at radius 2 is 2.12 bits per heavy atom. The van der Waals surface area contributed by atoms with E-state index in [1.165, 1.54) is 0 Å². The molecule has 132 valence electrons. The second-order valence-corrected chi connectivity index (χ2v) is 6.98. The zero-order valence-electron chi connectivity index (χ0n) is 14.5. The molecular formula is C17H27N5O2. The molecule has 7 nitrogen and oxygen atoms in total. The van der Waals surface area contributed by atoms with Crippen molar-refractivity contribution in [3.05, 3.63) is 17.0 Å². The van der Waals surface area contributed by atoms with Crippen molar-refractivity contribution >= 4 is 11.8 Å². The SMILES string of the molecule is Cc1[nH]nc(C(=O)N2CCCC(CNC(=O)C3CCCN3)C2)c1C. The second-order valence-electron chi connectivity index (χ2n) is 6.98. The van der Waals surface area contributed by atoms with Crippen LogP contribution in [0.1, 0.15) is 47.4 Å². The number of nitrogens with zero attached hydrogens (tertiary/aromatic N) is 2. The highest BCUT2D eigenvalue weighted by atomic mass is 16.2. The Morgan fingerprint density at radius 3 is 2.79 bits per heavy atom. The summed E-state index contributed by atoms with van der Waals surface area (Å²) >= 11 is 0. The third-order valence-electron chi connectivity index (χ3n) is 5.20. The number of amides is 2. The summed E-state index contributed by atoms with van der Waals surface area (Å²) in [6.07, 6.45) is 3.99. The van der Waals surface area contributed by atoms with E-state index in [0.717, 1.165) is 50.0 Å². The topological polar surface area (TPSA) is 90.1 Å². The number of piperidine rings is 1. The van der Waals surface area contributed by atoms with E-state index in [0.29, 0.717) is 24.7 Å². The largest absolute Gasteiger partial charge is 0.354 e. The first-order valence-electron chi connectivity index (χ1n) is 8.88. The molecule has 0 aliphatic carbocycles. The molecule has 0 saturated carbocycles. The molecule has 2 atom stereocenters. The van der Waals surface area contributed by atoms with Crippen molar-refractivity contribution in [1.29, 1.82) is 0 Å². The van der Waals surface area contributed by atoms with Crippen LogP contribution in [0.3, 0.4) is 0 Å². The number of hydrogen-bond donors (Lipinski definition) is 3. The predicted octanol–water partition coefficient (Wildman–Crippen LogP) is 0.747. The van der Waals surface area contributed by atoms with Gasteiger partial charge in [0.05, 0.1) is 6.04 Å². The van der Waals surface area contributed by atoms with Gasteiger partial charge in [0.15, 0.2) is 5.69 Å². The van der Waals surface area contributed by atoms with E-state index in [1.807, 2.05) is 18.7 Å². The van der Waals surface area contributed by atoms with Gasteiger partial charge in [0.2, 0.25) is 5.91 Å². The standard InChI is InChI=1S/C17H27N5O2/c1-11-12(2)20-21-15(11)17(24)22-8-4-5-13(10-22)9-19-16(23)14-6-3-7-18-14/h13-14,18H,3-10H2,1-2H3,(H,19,23)(H,20,21). The second kappa shape index (κ2) is 7.34. The molecule has 7 heteroatoms. The summed E-state index contributed by atoms with van der Waals surface area (Å²) in [5.74, 6) is 0.397. The van der Waals surface area contributed by atoms with E-state index < -0.39 is 0 Å². The van der Waals surface area contributed by atoms with Crippen LogP contribution >= 0.6 is 0 Å². The smallest absolute Gasteiger partial charge is 0.274 e. The number of hydrogen-bond acceptors (Lipinski definition) is 4. The average molecular weight is 333 g/mol. The fraction of sp³-hybridized carbons (Fsp3) is 0.706. The van der Waals surface area contributed by atoms with Crippen molar-refractivity contribution in [2.45, 2.75) is 45.6 Å². The molecule has 0 aromatic carbocycles. The van der Waals surface area contributed by atoms with Gasteiger partial charge in [-0.3, -0.25) is 14.7 Å². The minimum atomic E-state index is -0.0407. The summed E-state index contributed by atoms with van der Waals surface area (Å²) in [4.78, 5) is 26.6. The Labute approximate surface area is 142 Å². The van der Waals surface area contributed by atoms with Gasteiger partial charge in [-0.2, -0.15) is 5.10 Å². The molecule has 0 spiro atoms. The van der Waals surface area contributed by atoms with Crippen LogP contribution in [0.2, 0.25) is 0 Å². The summed E-state index contributed by atoms with van der Waals surface area (Å²) in [5.41, 5.74) is 2.37. The normalized spacial score (nSPS) is 24.2. The lowest BCUT2D eigenvalue weighted by molar-refractivity contribution is -0.123. The molecule has 3 N–H and O–H groups in total. The highest BCUT2D eigenvalue weighted by Crippen LogP contribution is 2.19. The van der Waals surface area contributed by atoms with Crippen LogP contribution in [0.25, 0.3) is 0 Å². The molecule has 2 aliphatic heterocycles. The lowest BCUT2D eigenvalue weighted by atomic mass is 9.97. The van der Waals surface area contributed by atoms with Gasteiger partial charge < -0.3 is 15.5 Å². The number of carbonyl (C=O) groups is 2. The molecule has 3 rings (SSSR count). The molecule has 1 aromatic rings. The quantitative estimate of drug-likeness (QED) is 0.758. The summed E-state index contributed by atoms with van der Waals surface area (Å²) in [7, 11) is 0. The van der Waals surface area contributed by atoms with Crippen molar-refractivity contribution in [1.82, 2.24) is 25.7 Å². The Hall–Kier alpha value is -1.89. The van der Waals surface area contributed by atoms with Crippen LogP contribution in [0, 0.1) is 19.8 Å². The van der Waals surface area contributed by atoms with Crippen molar-refractivity contribution in [3.63, 3.8) is 0 Å². The van der Waals surface area contributed by atoms with Crippen molar-refractivity contribution in [2.24, 2.45) is 5.92 Å². The molecule has 2 fully saturated rings. The monoisotopic (exact) mass is 333 g/mol. The highest BCUT2D eigenvalue weighted by Gasteiger charge is 2.28. The maximum Gasteiger partial charge on any atom is 0.274 e. The maximum atomic E-state index is 12.7.